The van der Waals surface area contributed by atoms with Crippen LogP contribution in [0.4, 0.5) is 0 Å². The first-order valence-electron chi connectivity index (χ1n) is 6.51. The Hall–Kier alpha value is -0.200. The second-order valence-electron chi connectivity index (χ2n) is 5.17. The van der Waals surface area contributed by atoms with E-state index in [2.05, 4.69) is 0 Å². The van der Waals surface area contributed by atoms with Gasteiger partial charge >= 0.3 is 0 Å². The lowest BCUT2D eigenvalue weighted by molar-refractivity contribution is -0.241. The molecule has 2 aliphatic carbocycles. The van der Waals surface area contributed by atoms with Crippen molar-refractivity contribution in [1.82, 2.24) is 0 Å². The number of aliphatic hydroxyl groups excluding tert-OH is 1. The summed E-state index contributed by atoms with van der Waals surface area (Å²) >= 11 is 0. The number of ether oxygens (including phenoxy) is 2. The van der Waals surface area contributed by atoms with Gasteiger partial charge in [-0.25, -0.2) is 0 Å². The molecule has 0 aromatic rings. The molecule has 0 amide bonds. The summed E-state index contributed by atoms with van der Waals surface area (Å²) in [6.07, 6.45) is 4.65. The Kier molecular flexibility index (Phi) is 4.38. The molecule has 0 saturated heterocycles. The maximum Gasteiger partial charge on any atom is 0.165 e. The molecule has 0 bridgehead atoms. The zero-order valence-corrected chi connectivity index (χ0v) is 10.2. The monoisotopic (exact) mass is 245 g/mol. The molecule has 2 saturated carbocycles. The first kappa shape index (κ1) is 13.2. The second-order valence-corrected chi connectivity index (χ2v) is 5.17. The molecular formula is C12H23NO4. The van der Waals surface area contributed by atoms with E-state index in [0.717, 1.165) is 25.7 Å². The van der Waals surface area contributed by atoms with E-state index in [1.165, 1.54) is 0 Å². The lowest BCUT2D eigenvalue weighted by atomic mass is 10.2. The fourth-order valence-electron chi connectivity index (χ4n) is 2.83. The summed E-state index contributed by atoms with van der Waals surface area (Å²) in [5.74, 6) is -0.977. The van der Waals surface area contributed by atoms with Crippen molar-refractivity contribution in [1.29, 1.82) is 0 Å². The number of rotatable bonds is 5. The summed E-state index contributed by atoms with van der Waals surface area (Å²) < 4.78 is 11.3. The topological polar surface area (TPSA) is 84.9 Å². The van der Waals surface area contributed by atoms with Gasteiger partial charge in [-0.1, -0.05) is 0 Å². The minimum atomic E-state index is -0.977. The van der Waals surface area contributed by atoms with Gasteiger partial charge in [0, 0.05) is 18.9 Å². The molecular weight excluding hydrogens is 222 g/mol. The van der Waals surface area contributed by atoms with Gasteiger partial charge in [0.05, 0.1) is 25.4 Å². The van der Waals surface area contributed by atoms with Crippen LogP contribution in [-0.4, -0.2) is 47.5 Å². The Morgan fingerprint density at radius 1 is 1.18 bits per heavy atom. The zero-order valence-electron chi connectivity index (χ0n) is 10.2. The smallest absolute Gasteiger partial charge is 0.165 e. The standard InChI is InChI=1S/C12H23NO4/c13-9-7-10(16-6-5-14)11(8-9)17-12(15)3-1-2-4-12/h9-11,14-15H,1-8,13H2/t9-,10+,11+/m1/s1. The zero-order chi connectivity index (χ0) is 12.3. The van der Waals surface area contributed by atoms with Crippen LogP contribution >= 0.6 is 0 Å². The minimum Gasteiger partial charge on any atom is -0.394 e. The van der Waals surface area contributed by atoms with Gasteiger partial charge in [-0.05, 0) is 25.7 Å². The van der Waals surface area contributed by atoms with Gasteiger partial charge in [-0.15, -0.1) is 0 Å². The molecule has 0 heterocycles. The van der Waals surface area contributed by atoms with Gasteiger partial charge in [-0.3, -0.25) is 0 Å². The lowest BCUT2D eigenvalue weighted by Gasteiger charge is -2.30. The van der Waals surface area contributed by atoms with Crippen LogP contribution < -0.4 is 5.73 Å². The van der Waals surface area contributed by atoms with Crippen LogP contribution in [0.3, 0.4) is 0 Å². The third-order valence-corrected chi connectivity index (χ3v) is 3.66. The Bertz CT molecular complexity index is 243. The molecule has 2 rings (SSSR count). The van der Waals surface area contributed by atoms with Crippen molar-refractivity contribution in [2.75, 3.05) is 13.2 Å². The molecule has 3 atom stereocenters. The number of aliphatic hydroxyl groups is 2. The van der Waals surface area contributed by atoms with E-state index in [-0.39, 0.29) is 24.9 Å². The second kappa shape index (κ2) is 5.63. The van der Waals surface area contributed by atoms with E-state index in [0.29, 0.717) is 19.4 Å². The summed E-state index contributed by atoms with van der Waals surface area (Å²) in [4.78, 5) is 0. The van der Waals surface area contributed by atoms with Crippen molar-refractivity contribution >= 4 is 0 Å². The molecule has 2 aliphatic rings. The first-order chi connectivity index (χ1) is 8.13. The number of nitrogens with two attached hydrogens (primary N) is 1. The van der Waals surface area contributed by atoms with Gasteiger partial charge in [0.1, 0.15) is 0 Å². The fraction of sp³-hybridized carbons (Fsp3) is 1.00. The predicted molar refractivity (Wildman–Crippen MR) is 62.3 cm³/mol. The van der Waals surface area contributed by atoms with E-state index in [1.807, 2.05) is 0 Å². The van der Waals surface area contributed by atoms with Crippen LogP contribution in [-0.2, 0) is 9.47 Å². The highest BCUT2D eigenvalue weighted by atomic mass is 16.6. The SMILES string of the molecule is N[C@@H]1C[C@H](OCCO)[C@@H](OC2(O)CCCC2)C1. The van der Waals surface area contributed by atoms with Gasteiger partial charge in [0.2, 0.25) is 0 Å². The van der Waals surface area contributed by atoms with Crippen LogP contribution in [0.1, 0.15) is 38.5 Å². The summed E-state index contributed by atoms with van der Waals surface area (Å²) in [7, 11) is 0. The van der Waals surface area contributed by atoms with Crippen molar-refractivity contribution in [3.8, 4) is 0 Å². The van der Waals surface area contributed by atoms with Crippen molar-refractivity contribution < 1.29 is 19.7 Å². The van der Waals surface area contributed by atoms with Crippen molar-refractivity contribution in [2.24, 2.45) is 5.73 Å². The van der Waals surface area contributed by atoms with Crippen molar-refractivity contribution in [2.45, 2.75) is 62.6 Å². The fourth-order valence-corrected chi connectivity index (χ4v) is 2.83. The molecule has 0 unspecified atom stereocenters. The Morgan fingerprint density at radius 3 is 2.47 bits per heavy atom. The molecule has 0 aromatic heterocycles. The van der Waals surface area contributed by atoms with E-state index >= 15 is 0 Å². The summed E-state index contributed by atoms with van der Waals surface area (Å²) in [6, 6.07) is 0.0636. The van der Waals surface area contributed by atoms with Gasteiger partial charge in [-0.2, -0.15) is 0 Å². The number of hydrogen-bond acceptors (Lipinski definition) is 5. The maximum atomic E-state index is 10.2. The molecule has 0 spiro atoms. The normalized spacial score (nSPS) is 36.5. The maximum absolute atomic E-state index is 10.2. The molecule has 2 fully saturated rings. The Balaban J connectivity index is 1.88. The molecule has 5 nitrogen and oxygen atoms in total. The third-order valence-electron chi connectivity index (χ3n) is 3.66. The number of hydrogen-bond donors (Lipinski definition) is 3. The molecule has 0 radical (unpaired) electrons. The van der Waals surface area contributed by atoms with E-state index in [1.54, 1.807) is 0 Å². The van der Waals surface area contributed by atoms with E-state index < -0.39 is 5.79 Å². The van der Waals surface area contributed by atoms with Gasteiger partial charge < -0.3 is 25.4 Å². The van der Waals surface area contributed by atoms with Gasteiger partial charge in [0.15, 0.2) is 5.79 Å². The lowest BCUT2D eigenvalue weighted by Crippen LogP contribution is -2.38. The van der Waals surface area contributed by atoms with Gasteiger partial charge in [0.25, 0.3) is 0 Å². The van der Waals surface area contributed by atoms with Crippen molar-refractivity contribution in [3.05, 3.63) is 0 Å². The minimum absolute atomic E-state index is 0.00270. The highest BCUT2D eigenvalue weighted by Gasteiger charge is 2.41. The predicted octanol–water partition coefficient (Wildman–Crippen LogP) is 0.133. The van der Waals surface area contributed by atoms with Crippen LogP contribution in [0.25, 0.3) is 0 Å². The molecule has 0 aliphatic heterocycles. The van der Waals surface area contributed by atoms with Crippen LogP contribution in [0, 0.1) is 0 Å². The quantitative estimate of drug-likeness (QED) is 0.600. The summed E-state index contributed by atoms with van der Waals surface area (Å²) in [5, 5.41) is 19.0. The summed E-state index contributed by atoms with van der Waals surface area (Å²) in [5.41, 5.74) is 5.90. The molecule has 4 N–H and O–H groups in total. The first-order valence-corrected chi connectivity index (χ1v) is 6.51. The van der Waals surface area contributed by atoms with Crippen LogP contribution in [0.15, 0.2) is 0 Å². The molecule has 100 valence electrons. The van der Waals surface area contributed by atoms with E-state index in [9.17, 15) is 5.11 Å². The largest absolute Gasteiger partial charge is 0.394 e. The molecule has 0 aromatic carbocycles. The molecule has 5 heteroatoms. The van der Waals surface area contributed by atoms with E-state index in [4.69, 9.17) is 20.3 Å². The Morgan fingerprint density at radius 2 is 1.82 bits per heavy atom. The highest BCUT2D eigenvalue weighted by molar-refractivity contribution is 4.90. The average molecular weight is 245 g/mol. The van der Waals surface area contributed by atoms with Crippen molar-refractivity contribution in [3.63, 3.8) is 0 Å². The van der Waals surface area contributed by atoms with Crippen LogP contribution in [0.5, 0.6) is 0 Å². The Labute approximate surface area is 102 Å². The third kappa shape index (κ3) is 3.39. The summed E-state index contributed by atoms with van der Waals surface area (Å²) in [6.45, 7) is 0.304. The average Bonchev–Trinajstić information content (AvgIpc) is 2.83. The molecule has 17 heavy (non-hydrogen) atoms. The van der Waals surface area contributed by atoms with Crippen LogP contribution in [0.2, 0.25) is 0 Å². The highest BCUT2D eigenvalue weighted by Crippen LogP contribution is 2.35.